The minimum Gasteiger partial charge on any atom is -0.490 e. The second-order valence-corrected chi connectivity index (χ2v) is 10.0. The number of aromatic nitrogens is 2. The van der Waals surface area contributed by atoms with Crippen LogP contribution in [0.15, 0.2) is 48.5 Å². The Kier molecular flexibility index (Phi) is 6.16. The van der Waals surface area contributed by atoms with E-state index in [1.807, 2.05) is 37.3 Å². The summed E-state index contributed by atoms with van der Waals surface area (Å²) in [5.41, 5.74) is 10.7. The van der Waals surface area contributed by atoms with Crippen molar-refractivity contribution in [2.75, 3.05) is 13.1 Å². The van der Waals surface area contributed by atoms with Crippen LogP contribution in [0.2, 0.25) is 0 Å². The van der Waals surface area contributed by atoms with Gasteiger partial charge in [-0.2, -0.15) is 0 Å². The zero-order chi connectivity index (χ0) is 25.6. The number of piperidine rings is 1. The van der Waals surface area contributed by atoms with Gasteiger partial charge in [0.1, 0.15) is 23.5 Å². The van der Waals surface area contributed by atoms with Crippen LogP contribution >= 0.6 is 0 Å². The van der Waals surface area contributed by atoms with Crippen LogP contribution in [0.5, 0.6) is 5.75 Å². The minimum absolute atomic E-state index is 0.0631. The van der Waals surface area contributed by atoms with E-state index < -0.39 is 0 Å². The summed E-state index contributed by atoms with van der Waals surface area (Å²) >= 11 is 0. The Labute approximate surface area is 211 Å². The Bertz CT molecular complexity index is 1480. The van der Waals surface area contributed by atoms with Gasteiger partial charge in [0.15, 0.2) is 0 Å². The smallest absolute Gasteiger partial charge is 0.123 e. The highest BCUT2D eigenvalue weighted by atomic mass is 16.5. The first-order valence-electron chi connectivity index (χ1n) is 12.6. The summed E-state index contributed by atoms with van der Waals surface area (Å²) in [5.74, 6) is 2.74. The lowest BCUT2D eigenvalue weighted by atomic mass is 10.0. The number of fused-ring (bicyclic) bond motifs is 2. The molecule has 0 amide bonds. The van der Waals surface area contributed by atoms with Crippen LogP contribution in [0, 0.1) is 17.7 Å². The van der Waals surface area contributed by atoms with E-state index in [4.69, 9.17) is 26.3 Å². The largest absolute Gasteiger partial charge is 0.490 e. The molecule has 5 rings (SSSR count). The minimum atomic E-state index is 0.0631. The quantitative estimate of drug-likeness (QED) is 0.249. The third-order valence-corrected chi connectivity index (χ3v) is 7.12. The maximum atomic E-state index is 8.05. The molecule has 2 heterocycles. The average molecular weight is 483 g/mol. The van der Waals surface area contributed by atoms with Crippen LogP contribution in [0.4, 0.5) is 0 Å². The molecule has 0 spiro atoms. The Hall–Kier alpha value is -3.87. The van der Waals surface area contributed by atoms with E-state index in [9.17, 15) is 0 Å². The van der Waals surface area contributed by atoms with E-state index in [0.29, 0.717) is 5.84 Å². The van der Waals surface area contributed by atoms with Crippen molar-refractivity contribution >= 4 is 33.5 Å². The number of hydrogen-bond donors (Lipinski definition) is 3. The van der Waals surface area contributed by atoms with Gasteiger partial charge in [0.05, 0.1) is 22.6 Å². The fraction of sp³-hybridized carbons (Fsp3) is 0.345. The molecule has 0 radical (unpaired) electrons. The first kappa shape index (κ1) is 23.9. The Balaban J connectivity index is 1.63. The molecule has 1 saturated heterocycles. The van der Waals surface area contributed by atoms with Crippen molar-refractivity contribution in [3.63, 3.8) is 0 Å². The monoisotopic (exact) mass is 482 g/mol. The van der Waals surface area contributed by atoms with Crippen LogP contribution < -0.4 is 10.5 Å². The van der Waals surface area contributed by atoms with E-state index in [-0.39, 0.29) is 17.9 Å². The number of imidazole rings is 1. The number of hydrogen-bond acceptors (Lipinski definition) is 4. The highest BCUT2D eigenvalue weighted by Gasteiger charge is 2.23. The number of nitrogen functional groups attached to an aromatic ring is 1. The zero-order valence-electron chi connectivity index (χ0n) is 21.4. The summed E-state index contributed by atoms with van der Waals surface area (Å²) in [4.78, 5) is 7.19. The predicted octanol–water partition coefficient (Wildman–Crippen LogP) is 5.73. The van der Waals surface area contributed by atoms with E-state index in [1.165, 1.54) is 0 Å². The molecular formula is C29H34N6O. The van der Waals surface area contributed by atoms with Gasteiger partial charge in [-0.15, -0.1) is 0 Å². The molecule has 1 aliphatic heterocycles. The third-order valence-electron chi connectivity index (χ3n) is 7.12. The summed E-state index contributed by atoms with van der Waals surface area (Å²) in [5, 5.41) is 17.9. The first-order chi connectivity index (χ1) is 17.2. The fourth-order valence-corrected chi connectivity index (χ4v) is 5.26. The van der Waals surface area contributed by atoms with Gasteiger partial charge in [-0.25, -0.2) is 4.98 Å². The van der Waals surface area contributed by atoms with Crippen LogP contribution in [-0.2, 0) is 0 Å². The van der Waals surface area contributed by atoms with Gasteiger partial charge in [0.2, 0.25) is 0 Å². The van der Waals surface area contributed by atoms with Crippen molar-refractivity contribution in [2.24, 2.45) is 5.73 Å². The summed E-state index contributed by atoms with van der Waals surface area (Å²) in [7, 11) is 0. The van der Waals surface area contributed by atoms with Gasteiger partial charge in [-0.05, 0) is 43.0 Å². The molecule has 4 aromatic rings. The summed E-state index contributed by atoms with van der Waals surface area (Å²) in [6, 6.07) is 16.3. The van der Waals surface area contributed by atoms with Crippen molar-refractivity contribution in [1.82, 2.24) is 14.5 Å². The number of nitrogens with two attached hydrogens (primary N) is 1. The van der Waals surface area contributed by atoms with Gasteiger partial charge in [-0.1, -0.05) is 38.1 Å². The Morgan fingerprint density at radius 2 is 1.75 bits per heavy atom. The lowest BCUT2D eigenvalue weighted by Gasteiger charge is -2.32. The van der Waals surface area contributed by atoms with Crippen molar-refractivity contribution in [1.29, 1.82) is 10.8 Å². The van der Waals surface area contributed by atoms with Gasteiger partial charge in [0.25, 0.3) is 0 Å². The lowest BCUT2D eigenvalue weighted by Crippen LogP contribution is -2.40. The maximum absolute atomic E-state index is 8.05. The molecule has 7 heteroatoms. The third kappa shape index (κ3) is 4.19. The van der Waals surface area contributed by atoms with E-state index in [1.54, 1.807) is 0 Å². The zero-order valence-corrected chi connectivity index (χ0v) is 21.4. The van der Waals surface area contributed by atoms with Crippen LogP contribution in [0.25, 0.3) is 27.5 Å². The van der Waals surface area contributed by atoms with E-state index >= 15 is 0 Å². The lowest BCUT2D eigenvalue weighted by molar-refractivity contribution is 0.130. The number of aryl methyl sites for hydroxylation is 1. The molecule has 0 bridgehead atoms. The second kappa shape index (κ2) is 9.30. The number of benzene rings is 3. The molecular weight excluding hydrogens is 448 g/mol. The fourth-order valence-electron chi connectivity index (χ4n) is 5.26. The molecule has 1 aliphatic rings. The van der Waals surface area contributed by atoms with Crippen molar-refractivity contribution in [3.8, 4) is 11.4 Å². The molecule has 0 saturated carbocycles. The average Bonchev–Trinajstić information content (AvgIpc) is 3.24. The number of likely N-dealkylation sites (tertiary alicyclic amines) is 1. The van der Waals surface area contributed by atoms with E-state index in [0.717, 1.165) is 76.1 Å². The van der Waals surface area contributed by atoms with E-state index in [2.05, 4.69) is 48.4 Å². The van der Waals surface area contributed by atoms with Gasteiger partial charge >= 0.3 is 0 Å². The van der Waals surface area contributed by atoms with Gasteiger partial charge in [-0.3, -0.25) is 15.4 Å². The second-order valence-electron chi connectivity index (χ2n) is 10.0. The topological polar surface area (TPSA) is 104 Å². The molecule has 36 heavy (non-hydrogen) atoms. The summed E-state index contributed by atoms with van der Waals surface area (Å²) in [6.07, 6.45) is 1.94. The first-order valence-corrected chi connectivity index (χ1v) is 12.6. The number of rotatable bonds is 5. The molecule has 4 N–H and O–H groups in total. The van der Waals surface area contributed by atoms with Gasteiger partial charge < -0.3 is 15.4 Å². The number of amidine groups is 2. The predicted molar refractivity (Wildman–Crippen MR) is 147 cm³/mol. The molecule has 0 atom stereocenters. The highest BCUT2D eigenvalue weighted by molar-refractivity contribution is 6.10. The standard InChI is InChI=1S/C29H34N6O/c1-17(2)29-33-27-18(3)15-21(36-20-11-13-34(14-12-20)19(4)30)16-26(27)35(29)25-10-9-24(28(31)32)22-7-5-6-8-23(22)25/h5-10,15-17,20,30H,11-14H2,1-4H3,(H3,31,32). The Morgan fingerprint density at radius 3 is 2.39 bits per heavy atom. The molecule has 0 unspecified atom stereocenters. The normalized spacial score (nSPS) is 14.6. The molecule has 186 valence electrons. The maximum Gasteiger partial charge on any atom is 0.123 e. The number of nitrogens with zero attached hydrogens (tertiary/aromatic N) is 3. The Morgan fingerprint density at radius 1 is 1.06 bits per heavy atom. The molecule has 1 aromatic heterocycles. The van der Waals surface area contributed by atoms with Crippen molar-refractivity contribution in [3.05, 3.63) is 65.5 Å². The summed E-state index contributed by atoms with van der Waals surface area (Å²) < 4.78 is 8.73. The highest BCUT2D eigenvalue weighted by Crippen LogP contribution is 2.35. The van der Waals surface area contributed by atoms with Crippen LogP contribution in [-0.4, -0.2) is 45.3 Å². The molecule has 0 aliphatic carbocycles. The van der Waals surface area contributed by atoms with Crippen molar-refractivity contribution < 1.29 is 4.74 Å². The van der Waals surface area contributed by atoms with Gasteiger partial charge in [0, 0.05) is 48.9 Å². The number of nitrogens with one attached hydrogen (secondary N) is 2. The molecule has 3 aromatic carbocycles. The molecule has 1 fully saturated rings. The van der Waals surface area contributed by atoms with Crippen molar-refractivity contribution in [2.45, 2.75) is 52.6 Å². The number of ether oxygens (including phenoxy) is 1. The van der Waals surface area contributed by atoms with Crippen LogP contribution in [0.1, 0.15) is 56.5 Å². The SMILES string of the molecule is CC(=N)N1CCC(Oc2cc(C)c3nc(C(C)C)n(-c4ccc(C(=N)N)c5ccccc45)c3c2)CC1. The summed E-state index contributed by atoms with van der Waals surface area (Å²) in [6.45, 7) is 9.97. The van der Waals surface area contributed by atoms with Crippen LogP contribution in [0.3, 0.4) is 0 Å². The molecule has 7 nitrogen and oxygen atoms in total.